The van der Waals surface area contributed by atoms with Gasteiger partial charge in [-0.25, -0.2) is 0 Å². The first kappa shape index (κ1) is 19.1. The Balaban J connectivity index is 1.83. The van der Waals surface area contributed by atoms with Crippen molar-refractivity contribution in [1.82, 2.24) is 0 Å². The van der Waals surface area contributed by atoms with Crippen molar-refractivity contribution in [3.8, 4) is 0 Å². The minimum absolute atomic E-state index is 0.0940. The van der Waals surface area contributed by atoms with E-state index in [1.54, 1.807) is 6.92 Å². The molecule has 3 aliphatic rings. The molecule has 2 aliphatic heterocycles. The number of hydrogen-bond donors (Lipinski definition) is 3. The molecule has 0 bridgehead atoms. The lowest BCUT2D eigenvalue weighted by Crippen LogP contribution is -2.54. The van der Waals surface area contributed by atoms with E-state index >= 15 is 0 Å². The van der Waals surface area contributed by atoms with Crippen molar-refractivity contribution in [2.75, 3.05) is 6.61 Å². The number of ether oxygens (including phenoxy) is 2. The van der Waals surface area contributed by atoms with E-state index in [4.69, 9.17) is 9.47 Å². The Morgan fingerprint density at radius 2 is 1.88 bits per heavy atom. The zero-order valence-electron chi connectivity index (χ0n) is 15.6. The van der Waals surface area contributed by atoms with Gasteiger partial charge in [0.05, 0.1) is 24.4 Å². The third-order valence-electron chi connectivity index (χ3n) is 6.43. The summed E-state index contributed by atoms with van der Waals surface area (Å²) >= 11 is 0. The largest absolute Gasteiger partial charge is 0.389 e. The average Bonchev–Trinajstić information content (AvgIpc) is 3.15. The molecule has 2 saturated heterocycles. The van der Waals surface area contributed by atoms with Gasteiger partial charge in [0.25, 0.3) is 0 Å². The van der Waals surface area contributed by atoms with Crippen molar-refractivity contribution < 1.29 is 24.8 Å². The van der Waals surface area contributed by atoms with Crippen LogP contribution in [-0.2, 0) is 9.47 Å². The Hall–Kier alpha value is -0.720. The fraction of sp³-hybridized carbons (Fsp3) is 0.800. The number of allylic oxidation sites excluding steroid dienone is 1. The normalized spacial score (nSPS) is 49.0. The van der Waals surface area contributed by atoms with Crippen LogP contribution in [-0.4, -0.2) is 57.0 Å². The molecular weight excluding hydrogens is 320 g/mol. The molecule has 0 aromatic carbocycles. The predicted octanol–water partition coefficient (Wildman–Crippen LogP) is 2.24. The SMILES string of the molecule is C=C1CCC2(O)C(C=C(C)CCC3OC3(C)CCC1O)OCC2(C)O. The van der Waals surface area contributed by atoms with Crippen LogP contribution in [0.2, 0.25) is 0 Å². The molecule has 0 aromatic heterocycles. The zero-order valence-corrected chi connectivity index (χ0v) is 15.6. The molecule has 0 saturated carbocycles. The first-order valence-electron chi connectivity index (χ1n) is 9.35. The van der Waals surface area contributed by atoms with Gasteiger partial charge < -0.3 is 24.8 Å². The van der Waals surface area contributed by atoms with E-state index in [0.717, 1.165) is 24.8 Å². The van der Waals surface area contributed by atoms with Crippen LogP contribution in [0.1, 0.15) is 59.3 Å². The molecule has 1 aliphatic carbocycles. The number of aliphatic hydroxyl groups excluding tert-OH is 1. The second-order valence-electron chi connectivity index (χ2n) is 8.61. The standard InChI is InChI=1S/C20H32O5/c1-13-5-6-16-18(3,25-16)9-8-15(21)14(2)7-10-20(23)17(11-13)24-12-19(20,4)22/h11,15-17,21-23H,2,5-10,12H2,1,3-4H3. The maximum Gasteiger partial charge on any atom is 0.125 e. The summed E-state index contributed by atoms with van der Waals surface area (Å²) in [4.78, 5) is 0. The Morgan fingerprint density at radius 3 is 2.60 bits per heavy atom. The second kappa shape index (κ2) is 6.46. The topological polar surface area (TPSA) is 82.5 Å². The van der Waals surface area contributed by atoms with Gasteiger partial charge in [-0.1, -0.05) is 18.2 Å². The first-order chi connectivity index (χ1) is 11.6. The van der Waals surface area contributed by atoms with Crippen LogP contribution in [0.5, 0.6) is 0 Å². The summed E-state index contributed by atoms with van der Waals surface area (Å²) in [6.07, 6.45) is 4.92. The van der Waals surface area contributed by atoms with E-state index in [1.807, 2.05) is 13.0 Å². The van der Waals surface area contributed by atoms with Crippen LogP contribution in [0.15, 0.2) is 23.8 Å². The first-order valence-corrected chi connectivity index (χ1v) is 9.35. The highest BCUT2D eigenvalue weighted by Crippen LogP contribution is 2.45. The van der Waals surface area contributed by atoms with Crippen molar-refractivity contribution >= 4 is 0 Å². The molecule has 0 spiro atoms. The summed E-state index contributed by atoms with van der Waals surface area (Å²) in [5, 5.41) is 32.3. The fourth-order valence-corrected chi connectivity index (χ4v) is 4.14. The Morgan fingerprint density at radius 1 is 1.16 bits per heavy atom. The summed E-state index contributed by atoms with van der Waals surface area (Å²) in [5.74, 6) is 0. The molecule has 2 heterocycles. The lowest BCUT2D eigenvalue weighted by Gasteiger charge is -2.37. The van der Waals surface area contributed by atoms with E-state index < -0.39 is 23.4 Å². The van der Waals surface area contributed by atoms with E-state index in [-0.39, 0.29) is 18.3 Å². The van der Waals surface area contributed by atoms with E-state index in [9.17, 15) is 15.3 Å². The average molecular weight is 352 g/mol. The van der Waals surface area contributed by atoms with Crippen molar-refractivity contribution in [2.24, 2.45) is 0 Å². The molecule has 142 valence electrons. The lowest BCUT2D eigenvalue weighted by atomic mass is 9.77. The maximum absolute atomic E-state index is 11.2. The molecule has 6 atom stereocenters. The number of rotatable bonds is 0. The van der Waals surface area contributed by atoms with Gasteiger partial charge in [0, 0.05) is 0 Å². The minimum Gasteiger partial charge on any atom is -0.389 e. The second-order valence-corrected chi connectivity index (χ2v) is 8.61. The molecule has 2 fully saturated rings. The smallest absolute Gasteiger partial charge is 0.125 e. The van der Waals surface area contributed by atoms with Gasteiger partial charge in [-0.3, -0.25) is 0 Å². The van der Waals surface area contributed by atoms with Gasteiger partial charge in [0.2, 0.25) is 0 Å². The van der Waals surface area contributed by atoms with Gasteiger partial charge >= 0.3 is 0 Å². The van der Waals surface area contributed by atoms with Crippen LogP contribution in [0.3, 0.4) is 0 Å². The molecule has 25 heavy (non-hydrogen) atoms. The number of epoxide rings is 1. The molecule has 6 unspecified atom stereocenters. The van der Waals surface area contributed by atoms with Crippen LogP contribution >= 0.6 is 0 Å². The van der Waals surface area contributed by atoms with Crippen molar-refractivity contribution in [1.29, 1.82) is 0 Å². The van der Waals surface area contributed by atoms with Crippen LogP contribution < -0.4 is 0 Å². The highest BCUT2D eigenvalue weighted by molar-refractivity contribution is 5.19. The van der Waals surface area contributed by atoms with Gasteiger partial charge in [-0.05, 0) is 64.9 Å². The van der Waals surface area contributed by atoms with Crippen molar-refractivity contribution in [3.05, 3.63) is 23.8 Å². The highest BCUT2D eigenvalue weighted by atomic mass is 16.6. The van der Waals surface area contributed by atoms with Crippen LogP contribution in [0.25, 0.3) is 0 Å². The summed E-state index contributed by atoms with van der Waals surface area (Å²) < 4.78 is 11.6. The fourth-order valence-electron chi connectivity index (χ4n) is 4.14. The van der Waals surface area contributed by atoms with Gasteiger partial charge in [-0.2, -0.15) is 0 Å². The summed E-state index contributed by atoms with van der Waals surface area (Å²) in [6, 6.07) is 0. The summed E-state index contributed by atoms with van der Waals surface area (Å²) in [7, 11) is 0. The minimum atomic E-state index is -1.38. The van der Waals surface area contributed by atoms with Crippen molar-refractivity contribution in [3.63, 3.8) is 0 Å². The number of fused-ring (bicyclic) bond motifs is 2. The predicted molar refractivity (Wildman–Crippen MR) is 95.2 cm³/mol. The van der Waals surface area contributed by atoms with E-state index in [2.05, 4.69) is 13.5 Å². The van der Waals surface area contributed by atoms with Crippen LogP contribution in [0, 0.1) is 0 Å². The quantitative estimate of drug-likeness (QED) is 0.460. The van der Waals surface area contributed by atoms with E-state index in [0.29, 0.717) is 24.8 Å². The molecule has 3 rings (SSSR count). The lowest BCUT2D eigenvalue weighted by molar-refractivity contribution is -0.121. The zero-order chi connectivity index (χ0) is 18.5. The summed E-state index contributed by atoms with van der Waals surface area (Å²) in [5.41, 5.74) is -1.02. The van der Waals surface area contributed by atoms with Gasteiger partial charge in [0.1, 0.15) is 17.3 Å². The molecule has 0 radical (unpaired) electrons. The Labute approximate surface area is 150 Å². The highest BCUT2D eigenvalue weighted by Gasteiger charge is 2.57. The number of aliphatic hydroxyl groups is 3. The maximum atomic E-state index is 11.2. The Kier molecular flexibility index (Phi) is 4.93. The Bertz CT molecular complexity index is 568. The van der Waals surface area contributed by atoms with E-state index in [1.165, 1.54) is 0 Å². The monoisotopic (exact) mass is 352 g/mol. The molecule has 5 nitrogen and oxygen atoms in total. The third kappa shape index (κ3) is 3.58. The third-order valence-corrected chi connectivity index (χ3v) is 6.43. The molecular formula is C20H32O5. The molecule has 0 amide bonds. The number of hydrogen-bond acceptors (Lipinski definition) is 5. The molecule has 5 heteroatoms. The van der Waals surface area contributed by atoms with Gasteiger partial charge in [-0.15, -0.1) is 0 Å². The molecule has 3 N–H and O–H groups in total. The molecule has 0 aromatic rings. The van der Waals surface area contributed by atoms with Gasteiger partial charge in [0.15, 0.2) is 0 Å². The van der Waals surface area contributed by atoms with Crippen molar-refractivity contribution in [2.45, 2.75) is 94.4 Å². The summed E-state index contributed by atoms with van der Waals surface area (Å²) in [6.45, 7) is 9.84. The van der Waals surface area contributed by atoms with Crippen LogP contribution in [0.4, 0.5) is 0 Å².